The van der Waals surface area contributed by atoms with Gasteiger partial charge in [0.1, 0.15) is 5.01 Å². The van der Waals surface area contributed by atoms with Crippen LogP contribution in [0.4, 0.5) is 5.13 Å². The standard InChI is InChI=1S/C15H26N4S/c1-4-7-18-8-12-5-6-13(18)10-19(9-12)15-17-16-14(20-15)11(2)3/h11-13H,4-10H2,1-3H3/t12-,13-/m1/s1. The van der Waals surface area contributed by atoms with Crippen molar-refractivity contribution in [1.82, 2.24) is 15.1 Å². The summed E-state index contributed by atoms with van der Waals surface area (Å²) in [5, 5.41) is 11.1. The van der Waals surface area contributed by atoms with Crippen molar-refractivity contribution in [3.8, 4) is 0 Å². The van der Waals surface area contributed by atoms with E-state index in [4.69, 9.17) is 0 Å². The van der Waals surface area contributed by atoms with Gasteiger partial charge in [-0.25, -0.2) is 0 Å². The molecule has 0 aromatic carbocycles. The van der Waals surface area contributed by atoms with Crippen LogP contribution in [0.3, 0.4) is 0 Å². The second kappa shape index (κ2) is 5.98. The molecule has 4 nitrogen and oxygen atoms in total. The molecule has 0 spiro atoms. The zero-order valence-corrected chi connectivity index (χ0v) is 13.7. The van der Waals surface area contributed by atoms with Crippen molar-refractivity contribution in [3.63, 3.8) is 0 Å². The number of hydrogen-bond acceptors (Lipinski definition) is 5. The highest BCUT2D eigenvalue weighted by Gasteiger charge is 2.35. The third-order valence-electron chi connectivity index (χ3n) is 4.53. The smallest absolute Gasteiger partial charge is 0.208 e. The van der Waals surface area contributed by atoms with Crippen molar-refractivity contribution in [2.45, 2.75) is 52.0 Å². The zero-order chi connectivity index (χ0) is 14.1. The summed E-state index contributed by atoms with van der Waals surface area (Å²) in [4.78, 5) is 5.21. The number of piperidine rings is 1. The lowest BCUT2D eigenvalue weighted by Crippen LogP contribution is -2.44. The number of nitrogens with zero attached hydrogens (tertiary/aromatic N) is 4. The predicted octanol–water partition coefficient (Wildman–Crippen LogP) is 2.97. The molecule has 0 amide bonds. The van der Waals surface area contributed by atoms with Crippen LogP contribution in [0.2, 0.25) is 0 Å². The van der Waals surface area contributed by atoms with Crippen molar-refractivity contribution in [3.05, 3.63) is 5.01 Å². The highest BCUT2D eigenvalue weighted by atomic mass is 32.1. The summed E-state index contributed by atoms with van der Waals surface area (Å²) in [5.41, 5.74) is 0. The molecule has 1 aromatic rings. The van der Waals surface area contributed by atoms with Gasteiger partial charge in [0, 0.05) is 31.6 Å². The molecule has 4 heterocycles. The maximum atomic E-state index is 4.45. The number of hydrogen-bond donors (Lipinski definition) is 0. The number of rotatable bonds is 4. The minimum Gasteiger partial charge on any atom is -0.345 e. The average Bonchev–Trinajstić information content (AvgIpc) is 2.75. The van der Waals surface area contributed by atoms with Crippen LogP contribution < -0.4 is 4.90 Å². The van der Waals surface area contributed by atoms with Gasteiger partial charge in [0.05, 0.1) is 0 Å². The fraction of sp³-hybridized carbons (Fsp3) is 0.867. The first-order valence-corrected chi connectivity index (χ1v) is 8.81. The van der Waals surface area contributed by atoms with Gasteiger partial charge in [0.2, 0.25) is 5.13 Å². The summed E-state index contributed by atoms with van der Waals surface area (Å²) < 4.78 is 0. The van der Waals surface area contributed by atoms with Gasteiger partial charge >= 0.3 is 0 Å². The van der Waals surface area contributed by atoms with Gasteiger partial charge in [-0.15, -0.1) is 10.2 Å². The molecule has 4 rings (SSSR count). The first kappa shape index (κ1) is 14.3. The lowest BCUT2D eigenvalue weighted by atomic mass is 9.95. The van der Waals surface area contributed by atoms with Crippen molar-refractivity contribution in [1.29, 1.82) is 0 Å². The Morgan fingerprint density at radius 1 is 1.20 bits per heavy atom. The monoisotopic (exact) mass is 294 g/mol. The van der Waals surface area contributed by atoms with Crippen molar-refractivity contribution < 1.29 is 0 Å². The van der Waals surface area contributed by atoms with Gasteiger partial charge in [-0.2, -0.15) is 0 Å². The fourth-order valence-electron chi connectivity index (χ4n) is 3.48. The van der Waals surface area contributed by atoms with Crippen LogP contribution in [0.5, 0.6) is 0 Å². The highest BCUT2D eigenvalue weighted by molar-refractivity contribution is 7.15. The Kier molecular flexibility index (Phi) is 4.26. The Hall–Kier alpha value is -0.680. The Morgan fingerprint density at radius 3 is 2.75 bits per heavy atom. The van der Waals surface area contributed by atoms with Gasteiger partial charge in [0.15, 0.2) is 0 Å². The van der Waals surface area contributed by atoms with E-state index in [2.05, 4.69) is 40.8 Å². The van der Waals surface area contributed by atoms with Crippen LogP contribution in [0.25, 0.3) is 0 Å². The van der Waals surface area contributed by atoms with Gasteiger partial charge in [-0.05, 0) is 31.7 Å². The fourth-order valence-corrected chi connectivity index (χ4v) is 4.35. The minimum absolute atomic E-state index is 0.488. The van der Waals surface area contributed by atoms with Crippen molar-refractivity contribution >= 4 is 16.5 Å². The third kappa shape index (κ3) is 2.84. The Balaban J connectivity index is 1.75. The van der Waals surface area contributed by atoms with E-state index < -0.39 is 0 Å². The first-order valence-electron chi connectivity index (χ1n) is 7.99. The molecule has 112 valence electrons. The molecular formula is C15H26N4S. The normalized spacial score (nSPS) is 27.3. The highest BCUT2D eigenvalue weighted by Crippen LogP contribution is 2.33. The van der Waals surface area contributed by atoms with E-state index in [0.717, 1.165) is 23.6 Å². The summed E-state index contributed by atoms with van der Waals surface area (Å²) in [6.45, 7) is 11.5. The third-order valence-corrected chi connectivity index (χ3v) is 5.82. The van der Waals surface area contributed by atoms with Crippen LogP contribution in [-0.2, 0) is 0 Å². The summed E-state index contributed by atoms with van der Waals surface area (Å²) in [5.74, 6) is 1.30. The molecule has 20 heavy (non-hydrogen) atoms. The zero-order valence-electron chi connectivity index (χ0n) is 12.9. The van der Waals surface area contributed by atoms with Crippen molar-refractivity contribution in [2.75, 3.05) is 31.1 Å². The molecule has 3 fully saturated rings. The molecule has 0 saturated carbocycles. The quantitative estimate of drug-likeness (QED) is 0.854. The van der Waals surface area contributed by atoms with Crippen LogP contribution in [0.15, 0.2) is 0 Å². The van der Waals surface area contributed by atoms with Crippen LogP contribution >= 0.6 is 11.3 Å². The molecule has 1 aromatic heterocycles. The molecule has 2 atom stereocenters. The maximum Gasteiger partial charge on any atom is 0.208 e. The molecule has 5 heteroatoms. The summed E-state index contributed by atoms with van der Waals surface area (Å²) in [6.07, 6.45) is 4.01. The molecule has 0 aliphatic carbocycles. The molecule has 0 N–H and O–H groups in total. The van der Waals surface area contributed by atoms with E-state index in [1.165, 1.54) is 43.9 Å². The number of aromatic nitrogens is 2. The Morgan fingerprint density at radius 2 is 2.05 bits per heavy atom. The minimum atomic E-state index is 0.488. The average molecular weight is 294 g/mol. The first-order chi connectivity index (χ1) is 9.67. The maximum absolute atomic E-state index is 4.45. The van der Waals surface area contributed by atoms with E-state index in [-0.39, 0.29) is 0 Å². The molecule has 0 radical (unpaired) electrons. The number of fused-ring (bicyclic) bond motifs is 4. The summed E-state index contributed by atoms with van der Waals surface area (Å²) in [7, 11) is 0. The van der Waals surface area contributed by atoms with Crippen molar-refractivity contribution in [2.24, 2.45) is 5.92 Å². The molecule has 3 aliphatic heterocycles. The van der Waals surface area contributed by atoms with Gasteiger partial charge < -0.3 is 4.90 Å². The molecular weight excluding hydrogens is 268 g/mol. The topological polar surface area (TPSA) is 32.3 Å². The summed E-state index contributed by atoms with van der Waals surface area (Å²) >= 11 is 1.79. The van der Waals surface area contributed by atoms with E-state index in [1.54, 1.807) is 11.3 Å². The van der Waals surface area contributed by atoms with Gasteiger partial charge in [-0.3, -0.25) is 4.90 Å². The van der Waals surface area contributed by atoms with Crippen LogP contribution in [0, 0.1) is 5.92 Å². The second-order valence-corrected chi connectivity index (χ2v) is 7.56. The van der Waals surface area contributed by atoms with E-state index in [9.17, 15) is 0 Å². The molecule has 0 unspecified atom stereocenters. The predicted molar refractivity (Wildman–Crippen MR) is 84.6 cm³/mol. The lowest BCUT2D eigenvalue weighted by molar-refractivity contribution is 0.134. The van der Waals surface area contributed by atoms with Gasteiger partial charge in [0.25, 0.3) is 0 Å². The van der Waals surface area contributed by atoms with Crippen LogP contribution in [0.1, 0.15) is 51.0 Å². The summed E-state index contributed by atoms with van der Waals surface area (Å²) in [6, 6.07) is 0.722. The molecule has 3 saturated heterocycles. The SMILES string of the molecule is CCCN1C[C@H]2CC[C@@H]1CN(c1nnc(C(C)C)s1)C2. The molecule has 3 aliphatic rings. The van der Waals surface area contributed by atoms with E-state index >= 15 is 0 Å². The van der Waals surface area contributed by atoms with Gasteiger partial charge in [-0.1, -0.05) is 32.1 Å². The van der Waals surface area contributed by atoms with E-state index in [0.29, 0.717) is 5.92 Å². The van der Waals surface area contributed by atoms with Crippen LogP contribution in [-0.4, -0.2) is 47.3 Å². The number of anilines is 1. The Labute approximate surface area is 126 Å². The largest absolute Gasteiger partial charge is 0.345 e. The second-order valence-electron chi connectivity index (χ2n) is 6.57. The Bertz CT molecular complexity index is 445. The molecule has 2 bridgehead atoms. The lowest BCUT2D eigenvalue weighted by Gasteiger charge is -2.35. The van der Waals surface area contributed by atoms with E-state index in [1.807, 2.05) is 0 Å².